The van der Waals surface area contributed by atoms with Gasteiger partial charge in [-0.05, 0) is 40.0 Å². The van der Waals surface area contributed by atoms with E-state index in [2.05, 4.69) is 27.9 Å². The smallest absolute Gasteiger partial charge is 0.132 e. The number of rotatable bonds is 2. The molecule has 0 aromatic carbocycles. The first-order valence-corrected chi connectivity index (χ1v) is 6.42. The molecule has 4 nitrogen and oxygen atoms in total. The number of piperidine rings is 1. The summed E-state index contributed by atoms with van der Waals surface area (Å²) in [5.41, 5.74) is 7.12. The van der Waals surface area contributed by atoms with Crippen molar-refractivity contribution in [3.63, 3.8) is 0 Å². The van der Waals surface area contributed by atoms with E-state index in [0.717, 1.165) is 23.9 Å². The lowest BCUT2D eigenvalue weighted by atomic mass is 9.97. The quantitative estimate of drug-likeness (QED) is 0.847. The third-order valence-corrected chi connectivity index (χ3v) is 3.40. The van der Waals surface area contributed by atoms with Crippen molar-refractivity contribution < 1.29 is 0 Å². The summed E-state index contributed by atoms with van der Waals surface area (Å²) in [6, 6.07) is 2.66. The molecule has 1 aromatic heterocycles. The summed E-state index contributed by atoms with van der Waals surface area (Å²) in [4.78, 5) is 11.2. The Morgan fingerprint density at radius 2 is 2.12 bits per heavy atom. The fraction of sp³-hybridized carbons (Fsp3) is 0.692. The van der Waals surface area contributed by atoms with E-state index in [-0.39, 0.29) is 6.04 Å². The molecule has 1 saturated heterocycles. The topological polar surface area (TPSA) is 55.0 Å². The first kappa shape index (κ1) is 12.3. The van der Waals surface area contributed by atoms with Crippen LogP contribution in [0.2, 0.25) is 0 Å². The molecule has 0 saturated carbocycles. The summed E-state index contributed by atoms with van der Waals surface area (Å²) >= 11 is 0. The Labute approximate surface area is 103 Å². The maximum absolute atomic E-state index is 6.09. The van der Waals surface area contributed by atoms with Crippen molar-refractivity contribution in [2.24, 2.45) is 5.73 Å². The highest BCUT2D eigenvalue weighted by atomic mass is 15.2. The highest BCUT2D eigenvalue weighted by Gasteiger charge is 2.26. The van der Waals surface area contributed by atoms with Gasteiger partial charge in [-0.1, -0.05) is 0 Å². The van der Waals surface area contributed by atoms with Crippen LogP contribution < -0.4 is 10.6 Å². The first-order valence-electron chi connectivity index (χ1n) is 6.42. The van der Waals surface area contributed by atoms with Gasteiger partial charge >= 0.3 is 0 Å². The average molecular weight is 234 g/mol. The zero-order chi connectivity index (χ0) is 12.4. The fourth-order valence-corrected chi connectivity index (χ4v) is 2.63. The van der Waals surface area contributed by atoms with Crippen molar-refractivity contribution in [2.75, 3.05) is 11.4 Å². The van der Waals surface area contributed by atoms with Gasteiger partial charge in [0, 0.05) is 30.4 Å². The molecule has 2 N–H and O–H groups in total. The molecule has 2 atom stereocenters. The number of hydrogen-bond donors (Lipinski definition) is 1. The molecule has 1 aliphatic heterocycles. The number of hydrogen-bond acceptors (Lipinski definition) is 4. The second kappa shape index (κ2) is 5.00. The predicted octanol–water partition coefficient (Wildman–Crippen LogP) is 1.80. The van der Waals surface area contributed by atoms with Gasteiger partial charge in [-0.15, -0.1) is 0 Å². The maximum atomic E-state index is 6.09. The van der Waals surface area contributed by atoms with Crippen molar-refractivity contribution in [2.45, 2.75) is 52.1 Å². The molecule has 4 heteroatoms. The van der Waals surface area contributed by atoms with Gasteiger partial charge in [0.2, 0.25) is 0 Å². The van der Waals surface area contributed by atoms with Gasteiger partial charge in [0.1, 0.15) is 11.6 Å². The van der Waals surface area contributed by atoms with Crippen LogP contribution in [0.1, 0.15) is 37.7 Å². The van der Waals surface area contributed by atoms with Crippen molar-refractivity contribution in [1.82, 2.24) is 9.97 Å². The van der Waals surface area contributed by atoms with Crippen molar-refractivity contribution in [3.05, 3.63) is 17.6 Å². The zero-order valence-electron chi connectivity index (χ0n) is 11.0. The molecular formula is C13H22N4. The zero-order valence-corrected chi connectivity index (χ0v) is 11.0. The second-order valence-corrected chi connectivity index (χ2v) is 5.03. The van der Waals surface area contributed by atoms with E-state index in [4.69, 9.17) is 5.73 Å². The molecule has 0 radical (unpaired) electrons. The lowest BCUT2D eigenvalue weighted by Crippen LogP contribution is -2.49. The Bertz CT molecular complexity index is 369. The number of anilines is 1. The van der Waals surface area contributed by atoms with E-state index in [1.165, 1.54) is 19.3 Å². The Hall–Kier alpha value is -1.16. The van der Waals surface area contributed by atoms with E-state index in [9.17, 15) is 0 Å². The highest BCUT2D eigenvalue weighted by Crippen LogP contribution is 2.25. The number of nitrogens with zero attached hydrogens (tertiary/aromatic N) is 3. The third kappa shape index (κ3) is 2.75. The van der Waals surface area contributed by atoms with Gasteiger partial charge in [-0.3, -0.25) is 0 Å². The number of nitrogens with two attached hydrogens (primary N) is 1. The minimum absolute atomic E-state index is 0.186. The van der Waals surface area contributed by atoms with Gasteiger partial charge in [0.15, 0.2) is 0 Å². The van der Waals surface area contributed by atoms with E-state index < -0.39 is 0 Å². The van der Waals surface area contributed by atoms with Crippen LogP contribution in [-0.2, 0) is 0 Å². The molecule has 1 aromatic rings. The minimum atomic E-state index is 0.186. The van der Waals surface area contributed by atoms with Crippen molar-refractivity contribution in [1.29, 1.82) is 0 Å². The van der Waals surface area contributed by atoms with Crippen LogP contribution in [0.25, 0.3) is 0 Å². The molecule has 17 heavy (non-hydrogen) atoms. The molecular weight excluding hydrogens is 212 g/mol. The molecule has 94 valence electrons. The molecule has 1 fully saturated rings. The number of aromatic nitrogens is 2. The average Bonchev–Trinajstić information content (AvgIpc) is 2.27. The van der Waals surface area contributed by atoms with Crippen LogP contribution in [0.5, 0.6) is 0 Å². The SMILES string of the molecule is Cc1cc(N2CCCCC2C(C)N)nc(C)n1. The van der Waals surface area contributed by atoms with Crippen LogP contribution in [0, 0.1) is 13.8 Å². The van der Waals surface area contributed by atoms with Crippen molar-refractivity contribution in [3.8, 4) is 0 Å². The third-order valence-electron chi connectivity index (χ3n) is 3.40. The van der Waals surface area contributed by atoms with Crippen LogP contribution in [0.15, 0.2) is 6.07 Å². The fourth-order valence-electron chi connectivity index (χ4n) is 2.63. The summed E-state index contributed by atoms with van der Waals surface area (Å²) in [5.74, 6) is 1.88. The monoisotopic (exact) mass is 234 g/mol. The van der Waals surface area contributed by atoms with Gasteiger partial charge in [-0.2, -0.15) is 0 Å². The second-order valence-electron chi connectivity index (χ2n) is 5.03. The maximum Gasteiger partial charge on any atom is 0.132 e. The minimum Gasteiger partial charge on any atom is -0.352 e. The molecule has 0 aliphatic carbocycles. The van der Waals surface area contributed by atoms with E-state index in [1.807, 2.05) is 13.8 Å². The van der Waals surface area contributed by atoms with Crippen molar-refractivity contribution >= 4 is 5.82 Å². The van der Waals surface area contributed by atoms with Gasteiger partial charge in [-0.25, -0.2) is 9.97 Å². The molecule has 2 unspecified atom stereocenters. The van der Waals surface area contributed by atoms with Crippen LogP contribution in [0.3, 0.4) is 0 Å². The summed E-state index contributed by atoms with van der Waals surface area (Å²) in [7, 11) is 0. The van der Waals surface area contributed by atoms with Crippen LogP contribution in [0.4, 0.5) is 5.82 Å². The van der Waals surface area contributed by atoms with Gasteiger partial charge in [0.05, 0.1) is 0 Å². The molecule has 2 heterocycles. The molecule has 0 spiro atoms. The lowest BCUT2D eigenvalue weighted by Gasteiger charge is -2.39. The van der Waals surface area contributed by atoms with Crippen LogP contribution in [-0.4, -0.2) is 28.6 Å². The lowest BCUT2D eigenvalue weighted by molar-refractivity contribution is 0.410. The normalized spacial score (nSPS) is 22.6. The Morgan fingerprint density at radius 3 is 2.76 bits per heavy atom. The van der Waals surface area contributed by atoms with Gasteiger partial charge < -0.3 is 10.6 Å². The highest BCUT2D eigenvalue weighted by molar-refractivity contribution is 5.42. The Balaban J connectivity index is 2.29. The molecule has 0 amide bonds. The van der Waals surface area contributed by atoms with E-state index >= 15 is 0 Å². The predicted molar refractivity (Wildman–Crippen MR) is 70.1 cm³/mol. The summed E-state index contributed by atoms with van der Waals surface area (Å²) in [5, 5.41) is 0. The standard InChI is InChI=1S/C13H22N4/c1-9-8-13(16-11(3)15-9)17-7-5-4-6-12(17)10(2)14/h8,10,12H,4-7,14H2,1-3H3. The number of aryl methyl sites for hydroxylation is 2. The summed E-state index contributed by atoms with van der Waals surface area (Å²) in [6.45, 7) is 7.11. The molecule has 2 rings (SSSR count). The first-order chi connectivity index (χ1) is 8.08. The van der Waals surface area contributed by atoms with Gasteiger partial charge in [0.25, 0.3) is 0 Å². The van der Waals surface area contributed by atoms with E-state index in [0.29, 0.717) is 6.04 Å². The Kier molecular flexibility index (Phi) is 3.62. The Morgan fingerprint density at radius 1 is 1.35 bits per heavy atom. The summed E-state index contributed by atoms with van der Waals surface area (Å²) in [6.07, 6.45) is 3.66. The molecule has 0 bridgehead atoms. The van der Waals surface area contributed by atoms with Crippen LogP contribution >= 0.6 is 0 Å². The largest absolute Gasteiger partial charge is 0.352 e. The summed E-state index contributed by atoms with van der Waals surface area (Å²) < 4.78 is 0. The molecule has 1 aliphatic rings. The van der Waals surface area contributed by atoms with E-state index in [1.54, 1.807) is 0 Å².